The minimum absolute atomic E-state index is 0.107. The average molecular weight is 523 g/mol. The minimum atomic E-state index is -3.83. The lowest BCUT2D eigenvalue weighted by Crippen LogP contribution is -2.15. The summed E-state index contributed by atoms with van der Waals surface area (Å²) in [7, 11) is -3.83. The zero-order valence-corrected chi connectivity index (χ0v) is 21.6. The molecule has 10 heteroatoms. The normalized spacial score (nSPS) is 14.6. The first-order chi connectivity index (χ1) is 17.9. The summed E-state index contributed by atoms with van der Waals surface area (Å²) in [5, 5.41) is 9.12. The molecule has 0 spiro atoms. The number of hydrogen-bond acceptors (Lipinski definition) is 6. The molecular weight excluding hydrogens is 491 g/mol. The predicted molar refractivity (Wildman–Crippen MR) is 143 cm³/mol. The molecule has 2 heterocycles. The number of nitrogens with zero attached hydrogens (tertiary/aromatic N) is 4. The van der Waals surface area contributed by atoms with E-state index in [1.165, 1.54) is 43.5 Å². The van der Waals surface area contributed by atoms with Gasteiger partial charge >= 0.3 is 0 Å². The molecule has 1 fully saturated rings. The van der Waals surface area contributed by atoms with Crippen molar-refractivity contribution >= 4 is 32.7 Å². The van der Waals surface area contributed by atoms with Crippen molar-refractivity contribution < 1.29 is 12.8 Å². The van der Waals surface area contributed by atoms with E-state index in [0.29, 0.717) is 11.6 Å². The van der Waals surface area contributed by atoms with Gasteiger partial charge in [-0.1, -0.05) is 44.7 Å². The molecule has 0 atom stereocenters. The summed E-state index contributed by atoms with van der Waals surface area (Å²) in [4.78, 5) is 9.46. The maximum absolute atomic E-state index is 13.2. The maximum atomic E-state index is 13.2. The van der Waals surface area contributed by atoms with Crippen LogP contribution >= 0.6 is 0 Å². The van der Waals surface area contributed by atoms with Gasteiger partial charge in [0.2, 0.25) is 5.95 Å². The van der Waals surface area contributed by atoms with Crippen LogP contribution in [0.2, 0.25) is 0 Å². The van der Waals surface area contributed by atoms with Crippen molar-refractivity contribution in [2.45, 2.75) is 62.8 Å². The van der Waals surface area contributed by atoms with E-state index in [-0.39, 0.29) is 10.9 Å². The van der Waals surface area contributed by atoms with Gasteiger partial charge in [0.25, 0.3) is 10.0 Å². The van der Waals surface area contributed by atoms with Gasteiger partial charge in [-0.3, -0.25) is 4.72 Å². The summed E-state index contributed by atoms with van der Waals surface area (Å²) >= 11 is 0. The first-order valence-corrected chi connectivity index (χ1v) is 14.3. The summed E-state index contributed by atoms with van der Waals surface area (Å²) in [6.45, 7) is 2.96. The van der Waals surface area contributed by atoms with Gasteiger partial charge in [0.1, 0.15) is 11.5 Å². The molecule has 1 saturated carbocycles. The number of fused-ring (bicyclic) bond motifs is 1. The van der Waals surface area contributed by atoms with E-state index >= 15 is 0 Å². The Hall–Kier alpha value is -3.53. The van der Waals surface area contributed by atoms with Crippen molar-refractivity contribution in [3.8, 4) is 11.3 Å². The lowest BCUT2D eigenvalue weighted by atomic mass is 9.96. The maximum Gasteiger partial charge on any atom is 0.261 e. The third kappa shape index (κ3) is 5.58. The fourth-order valence-corrected chi connectivity index (χ4v) is 5.76. The molecule has 1 aliphatic rings. The summed E-state index contributed by atoms with van der Waals surface area (Å²) in [6.07, 6.45) is 9.63. The molecule has 0 unspecified atom stereocenters. The number of sulfonamides is 1. The number of halogens is 1. The zero-order valence-electron chi connectivity index (χ0n) is 20.8. The molecule has 2 N–H and O–H groups in total. The van der Waals surface area contributed by atoms with E-state index in [1.54, 1.807) is 30.5 Å². The third-order valence-corrected chi connectivity index (χ3v) is 8.11. The fourth-order valence-electron chi connectivity index (χ4n) is 4.70. The van der Waals surface area contributed by atoms with E-state index in [1.807, 2.05) is 4.68 Å². The van der Waals surface area contributed by atoms with Gasteiger partial charge in [-0.2, -0.15) is 10.1 Å². The Morgan fingerprint density at radius 3 is 2.46 bits per heavy atom. The highest BCUT2D eigenvalue weighted by Crippen LogP contribution is 2.34. The number of anilines is 2. The van der Waals surface area contributed by atoms with Crippen LogP contribution in [0.1, 0.15) is 57.9 Å². The van der Waals surface area contributed by atoms with E-state index in [4.69, 9.17) is 10.1 Å². The lowest BCUT2D eigenvalue weighted by Gasteiger charge is -2.22. The summed E-state index contributed by atoms with van der Waals surface area (Å²) in [5.74, 6) is 0.165. The summed E-state index contributed by atoms with van der Waals surface area (Å²) < 4.78 is 43.4. The second-order valence-electron chi connectivity index (χ2n) is 9.43. The highest BCUT2D eigenvalue weighted by Gasteiger charge is 2.23. The zero-order chi connectivity index (χ0) is 25.8. The second kappa shape index (κ2) is 10.8. The Bertz CT molecular complexity index is 1460. The second-order valence-corrected chi connectivity index (χ2v) is 11.1. The number of unbranched alkanes of at least 4 members (excludes halogenated alkanes) is 1. The molecule has 0 radical (unpaired) electrons. The van der Waals surface area contributed by atoms with Crippen molar-refractivity contribution in [2.75, 3.05) is 16.6 Å². The van der Waals surface area contributed by atoms with Crippen LogP contribution in [0.15, 0.2) is 59.6 Å². The van der Waals surface area contributed by atoms with E-state index in [0.717, 1.165) is 54.5 Å². The van der Waals surface area contributed by atoms with Crippen molar-refractivity contribution in [1.29, 1.82) is 0 Å². The number of benzene rings is 2. The quantitative estimate of drug-likeness (QED) is 0.256. The first kappa shape index (κ1) is 25.1. The number of hydrogen-bond donors (Lipinski definition) is 2. The van der Waals surface area contributed by atoms with E-state index < -0.39 is 15.8 Å². The van der Waals surface area contributed by atoms with Gasteiger partial charge in [0, 0.05) is 24.0 Å². The topological polar surface area (TPSA) is 102 Å². The standard InChI is InChI=1S/C27H31FN6O2S/c1-2-3-17-29-27-30-18-24-25(32-34(26(24)31-27)22-7-5-4-6-8-22)19-9-15-23(16-10-19)37(35,36)33-21-13-11-20(28)12-14-21/h9-16,18,22,33H,2-8,17H2,1H3,(H,29,30,31). The monoisotopic (exact) mass is 522 g/mol. The Labute approximate surface area is 216 Å². The van der Waals surface area contributed by atoms with Crippen LogP contribution in [0, 0.1) is 5.82 Å². The average Bonchev–Trinajstić information content (AvgIpc) is 3.29. The predicted octanol–water partition coefficient (Wildman–Crippen LogP) is 6.15. The Morgan fingerprint density at radius 2 is 1.76 bits per heavy atom. The number of aromatic nitrogens is 4. The van der Waals surface area contributed by atoms with Gasteiger partial charge < -0.3 is 5.32 Å². The molecular formula is C27H31FN6O2S. The Balaban J connectivity index is 1.47. The largest absolute Gasteiger partial charge is 0.354 e. The molecule has 8 nitrogen and oxygen atoms in total. The van der Waals surface area contributed by atoms with Crippen LogP contribution in [-0.4, -0.2) is 34.7 Å². The lowest BCUT2D eigenvalue weighted by molar-refractivity contribution is 0.336. The third-order valence-electron chi connectivity index (χ3n) is 6.72. The van der Waals surface area contributed by atoms with Crippen LogP contribution in [0.5, 0.6) is 0 Å². The summed E-state index contributed by atoms with van der Waals surface area (Å²) in [6, 6.07) is 12.1. The van der Waals surface area contributed by atoms with Crippen molar-refractivity contribution in [2.24, 2.45) is 0 Å². The van der Waals surface area contributed by atoms with Crippen molar-refractivity contribution in [3.63, 3.8) is 0 Å². The molecule has 37 heavy (non-hydrogen) atoms. The molecule has 4 aromatic rings. The molecule has 194 valence electrons. The first-order valence-electron chi connectivity index (χ1n) is 12.8. The van der Waals surface area contributed by atoms with Gasteiger partial charge in [0.15, 0.2) is 5.65 Å². The van der Waals surface area contributed by atoms with Crippen molar-refractivity contribution in [1.82, 2.24) is 19.7 Å². The minimum Gasteiger partial charge on any atom is -0.354 e. The van der Waals surface area contributed by atoms with E-state index in [9.17, 15) is 12.8 Å². The fraction of sp³-hybridized carbons (Fsp3) is 0.370. The highest BCUT2D eigenvalue weighted by atomic mass is 32.2. The molecule has 1 aliphatic carbocycles. The molecule has 0 saturated heterocycles. The smallest absolute Gasteiger partial charge is 0.261 e. The Kier molecular flexibility index (Phi) is 7.36. The van der Waals surface area contributed by atoms with Gasteiger partial charge in [-0.15, -0.1) is 0 Å². The molecule has 2 aromatic heterocycles. The summed E-state index contributed by atoms with van der Waals surface area (Å²) in [5.41, 5.74) is 2.61. The number of rotatable bonds is 9. The van der Waals surface area contributed by atoms with Crippen LogP contribution in [-0.2, 0) is 10.0 Å². The van der Waals surface area contributed by atoms with Crippen molar-refractivity contribution in [3.05, 3.63) is 60.5 Å². The molecule has 0 bridgehead atoms. The van der Waals surface area contributed by atoms with Gasteiger partial charge in [-0.25, -0.2) is 22.5 Å². The molecule has 0 amide bonds. The SMILES string of the molecule is CCCCNc1ncc2c(-c3ccc(S(=O)(=O)Nc4ccc(F)cc4)cc3)nn(C3CCCCC3)c2n1. The van der Waals surface area contributed by atoms with Crippen LogP contribution in [0.3, 0.4) is 0 Å². The van der Waals surface area contributed by atoms with E-state index in [2.05, 4.69) is 21.9 Å². The van der Waals surface area contributed by atoms with Gasteiger partial charge in [0.05, 0.1) is 16.3 Å². The molecule has 2 aromatic carbocycles. The molecule has 5 rings (SSSR count). The van der Waals surface area contributed by atoms with Crippen LogP contribution < -0.4 is 10.0 Å². The Morgan fingerprint density at radius 1 is 1.03 bits per heavy atom. The highest BCUT2D eigenvalue weighted by molar-refractivity contribution is 7.92. The number of nitrogens with one attached hydrogen (secondary N) is 2. The van der Waals surface area contributed by atoms with Gasteiger partial charge in [-0.05, 0) is 55.7 Å². The van der Waals surface area contributed by atoms with Crippen LogP contribution in [0.4, 0.5) is 16.0 Å². The van der Waals surface area contributed by atoms with Crippen LogP contribution in [0.25, 0.3) is 22.3 Å². The molecule has 0 aliphatic heterocycles.